The summed E-state index contributed by atoms with van der Waals surface area (Å²) < 4.78 is 5.06. The third-order valence-electron chi connectivity index (χ3n) is 3.16. The summed E-state index contributed by atoms with van der Waals surface area (Å²) in [5.41, 5.74) is 0. The second-order valence-corrected chi connectivity index (χ2v) is 4.40. The molecule has 0 radical (unpaired) electrons. The van der Waals surface area contributed by atoms with Gasteiger partial charge in [0.2, 0.25) is 11.8 Å². The van der Waals surface area contributed by atoms with Gasteiger partial charge in [-0.1, -0.05) is 0 Å². The maximum atomic E-state index is 5.06. The van der Waals surface area contributed by atoms with Crippen LogP contribution in [0.5, 0.6) is 5.88 Å². The van der Waals surface area contributed by atoms with E-state index in [4.69, 9.17) is 4.74 Å². The second-order valence-electron chi connectivity index (χ2n) is 4.40. The molecule has 0 aromatic carbocycles. The molecule has 1 aliphatic rings. The summed E-state index contributed by atoms with van der Waals surface area (Å²) >= 11 is 0. The zero-order valence-corrected chi connectivity index (χ0v) is 10.5. The Morgan fingerprint density at radius 1 is 1.47 bits per heavy atom. The number of rotatable bonds is 5. The van der Waals surface area contributed by atoms with Gasteiger partial charge in [-0.05, 0) is 32.9 Å². The Balaban J connectivity index is 1.83. The molecule has 1 saturated heterocycles. The minimum Gasteiger partial charge on any atom is -0.481 e. The molecule has 5 nitrogen and oxygen atoms in total. The molecule has 94 valence electrons. The Bertz CT molecular complexity index is 352. The molecule has 2 rings (SSSR count). The zero-order valence-electron chi connectivity index (χ0n) is 10.5. The van der Waals surface area contributed by atoms with E-state index in [2.05, 4.69) is 27.1 Å². The maximum Gasteiger partial charge on any atom is 0.225 e. The molecule has 0 amide bonds. The normalized spacial score (nSPS) is 18.0. The van der Waals surface area contributed by atoms with E-state index < -0.39 is 0 Å². The smallest absolute Gasteiger partial charge is 0.225 e. The first-order chi connectivity index (χ1) is 8.29. The minimum absolute atomic E-state index is 0.521. The molecule has 1 N–H and O–H groups in total. The predicted molar refractivity (Wildman–Crippen MR) is 67.3 cm³/mol. The number of anilines is 1. The third kappa shape index (κ3) is 3.30. The van der Waals surface area contributed by atoms with Gasteiger partial charge in [-0.3, -0.25) is 4.90 Å². The molecule has 2 heterocycles. The molecule has 1 fully saturated rings. The van der Waals surface area contributed by atoms with E-state index in [1.165, 1.54) is 25.9 Å². The molecule has 0 spiro atoms. The highest BCUT2D eigenvalue weighted by Gasteiger charge is 2.17. The van der Waals surface area contributed by atoms with Crippen molar-refractivity contribution in [2.45, 2.75) is 25.8 Å². The van der Waals surface area contributed by atoms with Crippen LogP contribution in [0.1, 0.15) is 19.8 Å². The lowest BCUT2D eigenvalue weighted by molar-refractivity contribution is 0.269. The molecular formula is C12H20N4O. The van der Waals surface area contributed by atoms with Crippen LogP contribution in [0.4, 0.5) is 5.95 Å². The van der Waals surface area contributed by atoms with Crippen LogP contribution in [0, 0.1) is 0 Å². The Hall–Kier alpha value is -1.36. The molecule has 17 heavy (non-hydrogen) atoms. The van der Waals surface area contributed by atoms with E-state index in [1.54, 1.807) is 19.4 Å². The van der Waals surface area contributed by atoms with Gasteiger partial charge in [-0.25, -0.2) is 4.98 Å². The van der Waals surface area contributed by atoms with Crippen molar-refractivity contribution in [1.29, 1.82) is 0 Å². The molecule has 1 unspecified atom stereocenters. The van der Waals surface area contributed by atoms with Gasteiger partial charge >= 0.3 is 0 Å². The van der Waals surface area contributed by atoms with Crippen LogP contribution >= 0.6 is 0 Å². The first-order valence-corrected chi connectivity index (χ1v) is 6.14. The Labute approximate surface area is 102 Å². The van der Waals surface area contributed by atoms with E-state index in [1.807, 2.05) is 0 Å². The van der Waals surface area contributed by atoms with Gasteiger partial charge in [0.1, 0.15) is 0 Å². The lowest BCUT2D eigenvalue weighted by atomic mass is 10.3. The molecule has 1 aliphatic heterocycles. The van der Waals surface area contributed by atoms with Gasteiger partial charge in [-0.2, -0.15) is 4.98 Å². The third-order valence-corrected chi connectivity index (χ3v) is 3.16. The monoisotopic (exact) mass is 236 g/mol. The van der Waals surface area contributed by atoms with Crippen molar-refractivity contribution in [3.63, 3.8) is 0 Å². The van der Waals surface area contributed by atoms with Crippen LogP contribution in [-0.2, 0) is 0 Å². The summed E-state index contributed by atoms with van der Waals surface area (Å²) in [6.45, 7) is 5.52. The van der Waals surface area contributed by atoms with Crippen molar-refractivity contribution in [3.8, 4) is 5.88 Å². The molecule has 1 aromatic heterocycles. The summed E-state index contributed by atoms with van der Waals surface area (Å²) in [5.74, 6) is 1.23. The fourth-order valence-corrected chi connectivity index (χ4v) is 2.09. The maximum absolute atomic E-state index is 5.06. The summed E-state index contributed by atoms with van der Waals surface area (Å²) in [5, 5.41) is 3.25. The Morgan fingerprint density at radius 2 is 2.24 bits per heavy atom. The average molecular weight is 236 g/mol. The number of likely N-dealkylation sites (tertiary alicyclic amines) is 1. The largest absolute Gasteiger partial charge is 0.481 e. The average Bonchev–Trinajstić information content (AvgIpc) is 2.90. The number of methoxy groups -OCH3 is 1. The van der Waals surface area contributed by atoms with Crippen molar-refractivity contribution < 1.29 is 4.74 Å². The molecule has 0 aliphatic carbocycles. The van der Waals surface area contributed by atoms with E-state index in [-0.39, 0.29) is 0 Å². The van der Waals surface area contributed by atoms with Crippen LogP contribution in [0.25, 0.3) is 0 Å². The quantitative estimate of drug-likeness (QED) is 0.837. The molecule has 5 heteroatoms. The van der Waals surface area contributed by atoms with E-state index in [0.29, 0.717) is 17.9 Å². The lowest BCUT2D eigenvalue weighted by Crippen LogP contribution is -2.35. The van der Waals surface area contributed by atoms with Crippen molar-refractivity contribution in [2.75, 3.05) is 32.1 Å². The van der Waals surface area contributed by atoms with Crippen LogP contribution in [0.2, 0.25) is 0 Å². The van der Waals surface area contributed by atoms with E-state index >= 15 is 0 Å². The van der Waals surface area contributed by atoms with Crippen molar-refractivity contribution >= 4 is 5.95 Å². The topological polar surface area (TPSA) is 50.3 Å². The van der Waals surface area contributed by atoms with Crippen LogP contribution < -0.4 is 10.1 Å². The summed E-state index contributed by atoms with van der Waals surface area (Å²) in [4.78, 5) is 10.9. The van der Waals surface area contributed by atoms with Crippen LogP contribution in [-0.4, -0.2) is 47.7 Å². The summed E-state index contributed by atoms with van der Waals surface area (Å²) in [7, 11) is 1.61. The molecular weight excluding hydrogens is 216 g/mol. The first kappa shape index (κ1) is 12.1. The fraction of sp³-hybridized carbons (Fsp3) is 0.667. The van der Waals surface area contributed by atoms with Crippen molar-refractivity contribution in [3.05, 3.63) is 12.3 Å². The molecule has 0 saturated carbocycles. The highest BCUT2D eigenvalue weighted by atomic mass is 16.5. The number of nitrogens with zero attached hydrogens (tertiary/aromatic N) is 3. The van der Waals surface area contributed by atoms with Crippen LogP contribution in [0.3, 0.4) is 0 Å². The SMILES string of the molecule is COc1ccnc(NCC(C)N2CCCC2)n1. The highest BCUT2D eigenvalue weighted by Crippen LogP contribution is 2.12. The summed E-state index contributed by atoms with van der Waals surface area (Å²) in [6, 6.07) is 2.27. The predicted octanol–water partition coefficient (Wildman–Crippen LogP) is 1.38. The number of aromatic nitrogens is 2. The van der Waals surface area contributed by atoms with Crippen LogP contribution in [0.15, 0.2) is 12.3 Å². The number of nitrogens with one attached hydrogen (secondary N) is 1. The van der Waals surface area contributed by atoms with E-state index in [0.717, 1.165) is 6.54 Å². The molecule has 1 aromatic rings. The Kier molecular flexibility index (Phi) is 4.14. The van der Waals surface area contributed by atoms with E-state index in [9.17, 15) is 0 Å². The van der Waals surface area contributed by atoms with Crippen molar-refractivity contribution in [2.24, 2.45) is 0 Å². The Morgan fingerprint density at radius 3 is 2.94 bits per heavy atom. The standard InChI is InChI=1S/C12H20N4O/c1-10(16-7-3-4-8-16)9-14-12-13-6-5-11(15-12)17-2/h5-6,10H,3-4,7-9H2,1-2H3,(H,13,14,15). The highest BCUT2D eigenvalue weighted by molar-refractivity contribution is 5.27. The molecule has 0 bridgehead atoms. The number of ether oxygens (including phenoxy) is 1. The van der Waals surface area contributed by atoms with Gasteiger partial charge in [0.05, 0.1) is 7.11 Å². The van der Waals surface area contributed by atoms with Gasteiger partial charge in [0.15, 0.2) is 0 Å². The lowest BCUT2D eigenvalue weighted by Gasteiger charge is -2.23. The van der Waals surface area contributed by atoms with Gasteiger partial charge < -0.3 is 10.1 Å². The molecule has 1 atom stereocenters. The minimum atomic E-state index is 0.521. The van der Waals surface area contributed by atoms with Gasteiger partial charge in [-0.15, -0.1) is 0 Å². The van der Waals surface area contributed by atoms with Gasteiger partial charge in [0.25, 0.3) is 0 Å². The second kappa shape index (κ2) is 5.82. The fourth-order valence-electron chi connectivity index (χ4n) is 2.09. The number of hydrogen-bond acceptors (Lipinski definition) is 5. The first-order valence-electron chi connectivity index (χ1n) is 6.14. The van der Waals surface area contributed by atoms with Crippen molar-refractivity contribution in [1.82, 2.24) is 14.9 Å². The zero-order chi connectivity index (χ0) is 12.1. The van der Waals surface area contributed by atoms with Gasteiger partial charge in [0, 0.05) is 24.8 Å². The summed E-state index contributed by atoms with van der Waals surface area (Å²) in [6.07, 6.45) is 4.34. The number of hydrogen-bond donors (Lipinski definition) is 1.